The van der Waals surface area contributed by atoms with Crippen molar-refractivity contribution in [3.63, 3.8) is 0 Å². The van der Waals surface area contributed by atoms with Gasteiger partial charge in [-0.3, -0.25) is 4.98 Å². The molecule has 1 N–H and O–H groups in total. The highest BCUT2D eigenvalue weighted by molar-refractivity contribution is 5.59. The van der Waals surface area contributed by atoms with Crippen LogP contribution < -0.4 is 10.2 Å². The molecule has 3 aromatic rings. The Labute approximate surface area is 156 Å². The van der Waals surface area contributed by atoms with E-state index in [1.165, 1.54) is 12.4 Å². The molecular weight excluding hydrogens is 347 g/mol. The zero-order chi connectivity index (χ0) is 19.0. The van der Waals surface area contributed by atoms with Gasteiger partial charge in [0.05, 0.1) is 11.9 Å². The first-order valence-corrected chi connectivity index (χ1v) is 8.94. The van der Waals surface area contributed by atoms with Gasteiger partial charge in [-0.05, 0) is 39.7 Å². The van der Waals surface area contributed by atoms with Crippen LogP contribution >= 0.6 is 0 Å². The van der Waals surface area contributed by atoms with Gasteiger partial charge in [0.2, 0.25) is 5.82 Å². The third-order valence-electron chi connectivity index (χ3n) is 4.66. The average molecular weight is 368 g/mol. The number of nitrogens with one attached hydrogen (secondary N) is 1. The highest BCUT2D eigenvalue weighted by Gasteiger charge is 2.28. The van der Waals surface area contributed by atoms with Crippen molar-refractivity contribution in [1.29, 1.82) is 0 Å². The minimum atomic E-state index is -0.500. The topological polar surface area (TPSA) is 84.7 Å². The summed E-state index contributed by atoms with van der Waals surface area (Å²) in [4.78, 5) is 19.0. The third kappa shape index (κ3) is 3.32. The van der Waals surface area contributed by atoms with Crippen LogP contribution in [0.3, 0.4) is 0 Å². The van der Waals surface area contributed by atoms with E-state index in [-0.39, 0.29) is 17.7 Å². The number of anilines is 3. The monoisotopic (exact) mass is 368 g/mol. The molecule has 0 amide bonds. The fourth-order valence-corrected chi connectivity index (χ4v) is 3.36. The van der Waals surface area contributed by atoms with E-state index in [1.807, 2.05) is 24.8 Å². The number of hydrogen-bond donors (Lipinski definition) is 1. The summed E-state index contributed by atoms with van der Waals surface area (Å²) in [6.07, 6.45) is 6.62. The van der Waals surface area contributed by atoms with Gasteiger partial charge in [0, 0.05) is 30.7 Å². The van der Waals surface area contributed by atoms with Crippen LogP contribution in [0.2, 0.25) is 0 Å². The van der Waals surface area contributed by atoms with E-state index in [0.717, 1.165) is 30.8 Å². The predicted octanol–water partition coefficient (Wildman–Crippen LogP) is 2.94. The van der Waals surface area contributed by atoms with Gasteiger partial charge in [0.15, 0.2) is 11.6 Å². The molecule has 1 fully saturated rings. The molecule has 0 bridgehead atoms. The first-order chi connectivity index (χ1) is 13.0. The summed E-state index contributed by atoms with van der Waals surface area (Å²) in [6.45, 7) is 6.65. The molecule has 9 heteroatoms. The molecule has 0 aliphatic carbocycles. The van der Waals surface area contributed by atoms with Crippen LogP contribution in [0.25, 0.3) is 5.95 Å². The number of rotatable bonds is 4. The van der Waals surface area contributed by atoms with Gasteiger partial charge >= 0.3 is 0 Å². The molecule has 0 aromatic carbocycles. The molecule has 1 aliphatic heterocycles. The number of nitrogens with zero attached hydrogens (tertiary/aromatic N) is 7. The minimum absolute atomic E-state index is 0.0575. The van der Waals surface area contributed by atoms with Crippen molar-refractivity contribution in [3.8, 4) is 5.95 Å². The Morgan fingerprint density at radius 2 is 2.07 bits per heavy atom. The molecule has 1 unspecified atom stereocenters. The maximum absolute atomic E-state index is 15.3. The van der Waals surface area contributed by atoms with Crippen molar-refractivity contribution >= 4 is 17.5 Å². The zero-order valence-electron chi connectivity index (χ0n) is 15.5. The quantitative estimate of drug-likeness (QED) is 0.758. The molecule has 0 saturated carbocycles. The summed E-state index contributed by atoms with van der Waals surface area (Å²) in [6, 6.07) is 2.15. The lowest BCUT2D eigenvalue weighted by molar-refractivity contribution is 0.596. The summed E-state index contributed by atoms with van der Waals surface area (Å²) in [5, 5.41) is 7.36. The zero-order valence-corrected chi connectivity index (χ0v) is 15.5. The second-order valence-electron chi connectivity index (χ2n) is 6.75. The summed E-state index contributed by atoms with van der Waals surface area (Å²) < 4.78 is 16.9. The maximum atomic E-state index is 15.3. The Hall–Kier alpha value is -3.10. The van der Waals surface area contributed by atoms with Gasteiger partial charge in [-0.25, -0.2) is 9.67 Å². The molecule has 8 nitrogen and oxygen atoms in total. The van der Waals surface area contributed by atoms with Crippen LogP contribution in [0.4, 0.5) is 21.8 Å². The van der Waals surface area contributed by atoms with E-state index in [9.17, 15) is 0 Å². The highest BCUT2D eigenvalue weighted by atomic mass is 19.1. The molecule has 1 aliphatic rings. The fourth-order valence-electron chi connectivity index (χ4n) is 3.36. The molecule has 27 heavy (non-hydrogen) atoms. The lowest BCUT2D eigenvalue weighted by atomic mass is 10.2. The van der Waals surface area contributed by atoms with Crippen LogP contribution in [0.15, 0.2) is 24.7 Å². The maximum Gasteiger partial charge on any atom is 0.254 e. The average Bonchev–Trinajstić information content (AvgIpc) is 3.22. The van der Waals surface area contributed by atoms with E-state index in [2.05, 4.69) is 37.3 Å². The molecule has 0 spiro atoms. The summed E-state index contributed by atoms with van der Waals surface area (Å²) in [7, 11) is 0. The molecule has 3 aromatic heterocycles. The normalized spacial score (nSPS) is 16.7. The number of aromatic nitrogens is 6. The Morgan fingerprint density at radius 1 is 1.22 bits per heavy atom. The summed E-state index contributed by atoms with van der Waals surface area (Å²) >= 11 is 0. The molecule has 4 rings (SSSR count). The van der Waals surface area contributed by atoms with E-state index >= 15 is 4.39 Å². The largest absolute Gasteiger partial charge is 0.351 e. The van der Waals surface area contributed by atoms with Gasteiger partial charge in [0.1, 0.15) is 5.82 Å². The number of aryl methyl sites for hydroxylation is 2. The molecular formula is C18H21FN8. The Kier molecular flexibility index (Phi) is 4.43. The van der Waals surface area contributed by atoms with Crippen molar-refractivity contribution in [2.24, 2.45) is 0 Å². The van der Waals surface area contributed by atoms with Crippen LogP contribution in [-0.4, -0.2) is 42.3 Å². The van der Waals surface area contributed by atoms with Gasteiger partial charge in [-0.1, -0.05) is 0 Å². The molecule has 4 heterocycles. The Morgan fingerprint density at radius 3 is 2.70 bits per heavy atom. The Bertz CT molecular complexity index is 955. The van der Waals surface area contributed by atoms with E-state index in [0.29, 0.717) is 11.8 Å². The van der Waals surface area contributed by atoms with Crippen LogP contribution in [-0.2, 0) is 0 Å². The standard InChI is InChI=1S/C18H21FN8/c1-11-9-13(3)27(25-11)18-23-16(22-14-10-20-6-7-21-14)15(19)17(24-18)26-8-4-5-12(26)2/h6-7,9-10,12H,4-5,8H2,1-3H3,(H,21,22,23,24). The molecule has 1 atom stereocenters. The lowest BCUT2D eigenvalue weighted by Crippen LogP contribution is -2.29. The van der Waals surface area contributed by atoms with Crippen LogP contribution in [0, 0.1) is 19.7 Å². The smallest absolute Gasteiger partial charge is 0.254 e. The van der Waals surface area contributed by atoms with Crippen molar-refractivity contribution in [1.82, 2.24) is 29.7 Å². The van der Waals surface area contributed by atoms with Crippen molar-refractivity contribution < 1.29 is 4.39 Å². The Balaban J connectivity index is 1.84. The van der Waals surface area contributed by atoms with Crippen molar-refractivity contribution in [2.75, 3.05) is 16.8 Å². The summed E-state index contributed by atoms with van der Waals surface area (Å²) in [5.41, 5.74) is 1.73. The van der Waals surface area contributed by atoms with Gasteiger partial charge < -0.3 is 10.2 Å². The minimum Gasteiger partial charge on any atom is -0.351 e. The number of hydrogen-bond acceptors (Lipinski definition) is 7. The van der Waals surface area contributed by atoms with Gasteiger partial charge in [-0.15, -0.1) is 0 Å². The SMILES string of the molecule is Cc1cc(C)n(-c2nc(Nc3cnccn3)c(F)c(N3CCCC3C)n2)n1. The van der Waals surface area contributed by atoms with Gasteiger partial charge in [0.25, 0.3) is 5.95 Å². The molecule has 1 saturated heterocycles. The van der Waals surface area contributed by atoms with Crippen LogP contribution in [0.5, 0.6) is 0 Å². The third-order valence-corrected chi connectivity index (χ3v) is 4.66. The number of halogens is 1. The van der Waals surface area contributed by atoms with Crippen LogP contribution in [0.1, 0.15) is 31.2 Å². The fraction of sp³-hybridized carbons (Fsp3) is 0.389. The molecule has 140 valence electrons. The van der Waals surface area contributed by atoms with E-state index in [1.54, 1.807) is 10.9 Å². The molecule has 0 radical (unpaired) electrons. The first-order valence-electron chi connectivity index (χ1n) is 8.94. The summed E-state index contributed by atoms with van der Waals surface area (Å²) in [5.74, 6) is 0.572. The second-order valence-corrected chi connectivity index (χ2v) is 6.75. The lowest BCUT2D eigenvalue weighted by Gasteiger charge is -2.24. The van der Waals surface area contributed by atoms with E-state index < -0.39 is 5.82 Å². The van der Waals surface area contributed by atoms with Gasteiger partial charge in [-0.2, -0.15) is 19.5 Å². The van der Waals surface area contributed by atoms with Crippen molar-refractivity contribution in [2.45, 2.75) is 39.7 Å². The van der Waals surface area contributed by atoms with Crippen molar-refractivity contribution in [3.05, 3.63) is 41.9 Å². The van der Waals surface area contributed by atoms with E-state index in [4.69, 9.17) is 0 Å². The highest BCUT2D eigenvalue weighted by Crippen LogP contribution is 2.30. The first kappa shape index (κ1) is 17.3. The second kappa shape index (κ2) is 6.90. The predicted molar refractivity (Wildman–Crippen MR) is 99.9 cm³/mol.